The zero-order valence-electron chi connectivity index (χ0n) is 14.1. The predicted molar refractivity (Wildman–Crippen MR) is 102 cm³/mol. The minimum absolute atomic E-state index is 0.106. The second-order valence-electron chi connectivity index (χ2n) is 5.55. The van der Waals surface area contributed by atoms with Crippen LogP contribution in [-0.2, 0) is 9.53 Å². The van der Waals surface area contributed by atoms with Gasteiger partial charge in [-0.2, -0.15) is 0 Å². The van der Waals surface area contributed by atoms with Gasteiger partial charge in [0, 0.05) is 31.3 Å². The van der Waals surface area contributed by atoms with Crippen LogP contribution in [0.4, 0.5) is 11.5 Å². The number of rotatable bonds is 4. The van der Waals surface area contributed by atoms with Crippen molar-refractivity contribution >= 4 is 40.8 Å². The molecular weight excluding hydrogens is 360 g/mol. The van der Waals surface area contributed by atoms with Crippen LogP contribution in [0.15, 0.2) is 29.2 Å². The molecule has 0 radical (unpaired) electrons. The summed E-state index contributed by atoms with van der Waals surface area (Å²) in [5.74, 6) is 1.31. The number of nitrogens with one attached hydrogen (secondary N) is 1. The number of aromatic nitrogens is 2. The molecule has 8 heteroatoms. The smallest absolute Gasteiger partial charge is 0.221 e. The molecule has 6 nitrogen and oxygen atoms in total. The first-order valence-electron chi connectivity index (χ1n) is 7.90. The first kappa shape index (κ1) is 18.0. The number of benzene rings is 1. The number of hydrogen-bond acceptors (Lipinski definition) is 6. The van der Waals surface area contributed by atoms with Crippen LogP contribution in [0.1, 0.15) is 6.92 Å². The number of hydrogen-bond donors (Lipinski definition) is 1. The van der Waals surface area contributed by atoms with Gasteiger partial charge in [0.25, 0.3) is 0 Å². The van der Waals surface area contributed by atoms with Crippen molar-refractivity contribution in [3.63, 3.8) is 0 Å². The molecular formula is C17H19ClN4O2S. The number of carbonyl (C=O) groups is 1. The van der Waals surface area contributed by atoms with Crippen LogP contribution < -0.4 is 10.2 Å². The van der Waals surface area contributed by atoms with Gasteiger partial charge in [0.2, 0.25) is 5.91 Å². The fourth-order valence-corrected chi connectivity index (χ4v) is 3.58. The molecule has 3 rings (SSSR count). The third kappa shape index (κ3) is 4.23. The highest BCUT2D eigenvalue weighted by Gasteiger charge is 2.20. The summed E-state index contributed by atoms with van der Waals surface area (Å²) in [6.07, 6.45) is 1.97. The SMILES string of the molecule is CSc1c(Cl)nc(-c2ccc(NC(C)=O)cc2)nc1N1CCOCC1. The molecule has 0 saturated carbocycles. The van der Waals surface area contributed by atoms with E-state index in [0.29, 0.717) is 24.2 Å². The van der Waals surface area contributed by atoms with E-state index in [4.69, 9.17) is 21.3 Å². The van der Waals surface area contributed by atoms with E-state index in [0.717, 1.165) is 35.1 Å². The minimum atomic E-state index is -0.106. The number of carbonyl (C=O) groups excluding carboxylic acids is 1. The topological polar surface area (TPSA) is 67.4 Å². The number of thioether (sulfide) groups is 1. The molecule has 1 fully saturated rings. The van der Waals surface area contributed by atoms with Gasteiger partial charge < -0.3 is 15.0 Å². The minimum Gasteiger partial charge on any atom is -0.378 e. The maximum absolute atomic E-state index is 11.1. The molecule has 2 heterocycles. The van der Waals surface area contributed by atoms with Gasteiger partial charge in [0.15, 0.2) is 5.82 Å². The van der Waals surface area contributed by atoms with E-state index >= 15 is 0 Å². The molecule has 2 aromatic rings. The molecule has 1 aromatic heterocycles. The Labute approximate surface area is 155 Å². The molecule has 25 heavy (non-hydrogen) atoms. The lowest BCUT2D eigenvalue weighted by atomic mass is 10.2. The van der Waals surface area contributed by atoms with Crippen molar-refractivity contribution in [3.8, 4) is 11.4 Å². The van der Waals surface area contributed by atoms with E-state index in [1.54, 1.807) is 11.8 Å². The van der Waals surface area contributed by atoms with Gasteiger partial charge in [-0.05, 0) is 30.5 Å². The Morgan fingerprint density at radius 3 is 2.52 bits per heavy atom. The van der Waals surface area contributed by atoms with Gasteiger partial charge in [0.05, 0.1) is 18.1 Å². The number of morpholine rings is 1. The van der Waals surface area contributed by atoms with Crippen LogP contribution in [0.25, 0.3) is 11.4 Å². The van der Waals surface area contributed by atoms with Crippen molar-refractivity contribution in [2.24, 2.45) is 0 Å². The molecule has 0 unspecified atom stereocenters. The van der Waals surface area contributed by atoms with Crippen molar-refractivity contribution in [1.82, 2.24) is 9.97 Å². The monoisotopic (exact) mass is 378 g/mol. The fraction of sp³-hybridized carbons (Fsp3) is 0.353. The predicted octanol–water partition coefficient (Wildman–Crippen LogP) is 3.31. The quantitative estimate of drug-likeness (QED) is 0.650. The van der Waals surface area contributed by atoms with Gasteiger partial charge >= 0.3 is 0 Å². The molecule has 0 spiro atoms. The Morgan fingerprint density at radius 1 is 1.24 bits per heavy atom. The molecule has 1 aliphatic rings. The van der Waals surface area contributed by atoms with E-state index in [-0.39, 0.29) is 5.91 Å². The summed E-state index contributed by atoms with van der Waals surface area (Å²) in [6, 6.07) is 7.40. The first-order chi connectivity index (χ1) is 12.1. The lowest BCUT2D eigenvalue weighted by molar-refractivity contribution is -0.114. The molecule has 1 aromatic carbocycles. The average molecular weight is 379 g/mol. The normalized spacial score (nSPS) is 14.4. The molecule has 0 bridgehead atoms. The Hall–Kier alpha value is -1.83. The van der Waals surface area contributed by atoms with Crippen molar-refractivity contribution < 1.29 is 9.53 Å². The molecule has 1 saturated heterocycles. The largest absolute Gasteiger partial charge is 0.378 e. The first-order valence-corrected chi connectivity index (χ1v) is 9.51. The molecule has 132 valence electrons. The lowest BCUT2D eigenvalue weighted by Gasteiger charge is -2.29. The Bertz CT molecular complexity index is 764. The van der Waals surface area contributed by atoms with E-state index in [2.05, 4.69) is 15.2 Å². The van der Waals surface area contributed by atoms with E-state index < -0.39 is 0 Å². The van der Waals surface area contributed by atoms with E-state index in [1.807, 2.05) is 30.5 Å². The third-order valence-electron chi connectivity index (χ3n) is 3.78. The zero-order chi connectivity index (χ0) is 17.8. The highest BCUT2D eigenvalue weighted by molar-refractivity contribution is 7.98. The van der Waals surface area contributed by atoms with E-state index in [1.165, 1.54) is 6.92 Å². The van der Waals surface area contributed by atoms with Gasteiger partial charge in [-0.3, -0.25) is 4.79 Å². The Kier molecular flexibility index (Phi) is 5.78. The summed E-state index contributed by atoms with van der Waals surface area (Å²) < 4.78 is 5.43. The second kappa shape index (κ2) is 8.03. The zero-order valence-corrected chi connectivity index (χ0v) is 15.7. The van der Waals surface area contributed by atoms with Crippen molar-refractivity contribution in [2.75, 3.05) is 42.8 Å². The average Bonchev–Trinajstić information content (AvgIpc) is 2.62. The van der Waals surface area contributed by atoms with Crippen LogP contribution in [0.3, 0.4) is 0 Å². The second-order valence-corrected chi connectivity index (χ2v) is 6.73. The van der Waals surface area contributed by atoms with Crippen LogP contribution >= 0.6 is 23.4 Å². The van der Waals surface area contributed by atoms with Crippen LogP contribution in [0, 0.1) is 0 Å². The Morgan fingerprint density at radius 2 is 1.92 bits per heavy atom. The van der Waals surface area contributed by atoms with Crippen molar-refractivity contribution in [3.05, 3.63) is 29.4 Å². The lowest BCUT2D eigenvalue weighted by Crippen LogP contribution is -2.37. The highest BCUT2D eigenvalue weighted by Crippen LogP contribution is 2.35. The van der Waals surface area contributed by atoms with Crippen LogP contribution in [-0.4, -0.2) is 48.4 Å². The fourth-order valence-electron chi connectivity index (χ4n) is 2.61. The summed E-state index contributed by atoms with van der Waals surface area (Å²) in [5, 5.41) is 3.19. The van der Waals surface area contributed by atoms with E-state index in [9.17, 15) is 4.79 Å². The maximum atomic E-state index is 11.1. The van der Waals surface area contributed by atoms with Crippen molar-refractivity contribution in [1.29, 1.82) is 0 Å². The summed E-state index contributed by atoms with van der Waals surface area (Å²) in [7, 11) is 0. The summed E-state index contributed by atoms with van der Waals surface area (Å²) in [5.41, 5.74) is 1.58. The summed E-state index contributed by atoms with van der Waals surface area (Å²) >= 11 is 7.96. The molecule has 0 atom stereocenters. The van der Waals surface area contributed by atoms with Gasteiger partial charge in [-0.15, -0.1) is 11.8 Å². The molecule has 1 amide bonds. The van der Waals surface area contributed by atoms with Crippen LogP contribution in [0.2, 0.25) is 5.15 Å². The highest BCUT2D eigenvalue weighted by atomic mass is 35.5. The number of halogens is 1. The number of amides is 1. The standard InChI is InChI=1S/C17H19ClN4O2S/c1-11(23)19-13-5-3-12(4-6-13)16-20-15(18)14(25-2)17(21-16)22-7-9-24-10-8-22/h3-6H,7-10H2,1-2H3,(H,19,23). The van der Waals surface area contributed by atoms with Crippen molar-refractivity contribution in [2.45, 2.75) is 11.8 Å². The van der Waals surface area contributed by atoms with Gasteiger partial charge in [0.1, 0.15) is 11.0 Å². The Balaban J connectivity index is 1.96. The van der Waals surface area contributed by atoms with Gasteiger partial charge in [-0.1, -0.05) is 11.6 Å². The number of nitrogens with zero attached hydrogens (tertiary/aromatic N) is 3. The van der Waals surface area contributed by atoms with Gasteiger partial charge in [-0.25, -0.2) is 9.97 Å². The summed E-state index contributed by atoms with van der Waals surface area (Å²) in [6.45, 7) is 4.39. The maximum Gasteiger partial charge on any atom is 0.221 e. The van der Waals surface area contributed by atoms with Crippen LogP contribution in [0.5, 0.6) is 0 Å². The number of anilines is 2. The molecule has 1 aliphatic heterocycles. The number of ether oxygens (including phenoxy) is 1. The molecule has 1 N–H and O–H groups in total. The summed E-state index contributed by atoms with van der Waals surface area (Å²) in [4.78, 5) is 23.4. The third-order valence-corrected chi connectivity index (χ3v) is 4.95. The molecule has 0 aliphatic carbocycles.